The van der Waals surface area contributed by atoms with Crippen LogP contribution in [0.2, 0.25) is 0 Å². The minimum Gasteiger partial charge on any atom is -0.504 e. The van der Waals surface area contributed by atoms with Gasteiger partial charge < -0.3 is 58.9 Å². The second-order valence-electron chi connectivity index (χ2n) is 22.7. The van der Waals surface area contributed by atoms with Crippen molar-refractivity contribution in [3.8, 4) is 69.6 Å². The molecule has 6 aliphatic rings. The minimum absolute atomic E-state index is 0. The van der Waals surface area contributed by atoms with Gasteiger partial charge in [-0.05, 0) is 89.7 Å². The summed E-state index contributed by atoms with van der Waals surface area (Å²) < 4.78 is 49.0. The third-order valence-electron chi connectivity index (χ3n) is 18.2. The first-order chi connectivity index (χ1) is 41.6. The van der Waals surface area contributed by atoms with Crippen molar-refractivity contribution >= 4 is 0 Å². The van der Waals surface area contributed by atoms with E-state index in [1.165, 1.54) is 0 Å². The number of fused-ring (bicyclic) bond motifs is 14. The number of aromatic hydroxyl groups is 2. The van der Waals surface area contributed by atoms with Crippen LogP contribution in [0.25, 0.3) is 0 Å². The third-order valence-corrected chi connectivity index (χ3v) is 18.2. The highest BCUT2D eigenvalue weighted by Gasteiger charge is 2.58. The number of piperazine rings is 2. The lowest BCUT2D eigenvalue weighted by Crippen LogP contribution is -2.68. The van der Waals surface area contributed by atoms with Gasteiger partial charge in [0, 0.05) is 75.2 Å². The van der Waals surface area contributed by atoms with Crippen LogP contribution in [0.15, 0.2) is 88.1 Å². The van der Waals surface area contributed by atoms with Gasteiger partial charge in [0.25, 0.3) is 0 Å². The van der Waals surface area contributed by atoms with Crippen molar-refractivity contribution in [3.63, 3.8) is 0 Å². The lowest BCUT2D eigenvalue weighted by molar-refractivity contribution is -0.0827. The minimum atomic E-state index is -0.606. The molecule has 0 saturated carbocycles. The number of aliphatic hydroxyl groups excluding tert-OH is 1. The summed E-state index contributed by atoms with van der Waals surface area (Å²) in [5.41, 5.74) is 17.0. The number of hydrogen-bond donors (Lipinski definition) is 4. The number of phenolic OH excluding ortho intramolecular Hbond substituents is 2. The maximum Gasteiger partial charge on any atom is 0.168 e. The molecule has 5 N–H and O–H groups in total. The molecule has 6 aliphatic heterocycles. The second-order valence-corrected chi connectivity index (χ2v) is 22.7. The molecule has 2 fully saturated rings. The molecule has 0 aliphatic carbocycles. The van der Waals surface area contributed by atoms with Crippen molar-refractivity contribution in [1.29, 1.82) is 10.5 Å². The fourth-order valence-corrected chi connectivity index (χ4v) is 15.0. The van der Waals surface area contributed by atoms with Crippen LogP contribution < -0.4 is 43.6 Å². The van der Waals surface area contributed by atoms with E-state index in [9.17, 15) is 25.8 Å². The molecule has 10 rings (SSSR count). The Kier molecular flexibility index (Phi) is 20.5. The van der Waals surface area contributed by atoms with Crippen LogP contribution in [0.1, 0.15) is 98.4 Å². The standard InChI is InChI=1S/C34H42N4O5.C34H41N3O6.CH4/c1-8-11-41-32-20(5)33(42-12-9-2)34(43-13-10-3)28-22(32)16-24-29-27-21(14-19(4)31(40-7)30(27)39)15-23(37(29)6)25(17-35)38(24)26(28)18-36;1-8-11-41-32-20(5)33(42-12-9-2)34(43-13-10-3)28-22(32)16-24-29-27-21(14-19(4)31(40-7)30(27)39)15-23(36(29)6)25(17-35)37(24)26(28)18-38;/h8-10,14,23-26,29,39H,1-3,11-13,15-16,18,36H2,4-7H3;8-10,14,23-26,29,38-39H,1-3,11-13,15-16,18H2,4-7H3;1H4/t2*23-,24-,25-,26-,29-;/m00./s1. The average Bonchev–Trinajstić information content (AvgIpc) is 0.772. The van der Waals surface area contributed by atoms with E-state index in [0.29, 0.717) is 78.3 Å². The molecule has 4 aromatic carbocycles. The molecule has 0 radical (unpaired) electrons. The summed E-state index contributed by atoms with van der Waals surface area (Å²) >= 11 is 0. The van der Waals surface area contributed by atoms with Crippen LogP contribution >= 0.6 is 0 Å². The predicted molar refractivity (Wildman–Crippen MR) is 337 cm³/mol. The summed E-state index contributed by atoms with van der Waals surface area (Å²) in [6, 6.07) is 6.10. The summed E-state index contributed by atoms with van der Waals surface area (Å²) in [6.45, 7) is 32.3. The molecule has 0 unspecified atom stereocenters. The van der Waals surface area contributed by atoms with E-state index in [2.05, 4.69) is 83.3 Å². The normalized spacial score (nSPS) is 23.8. The number of nitrogens with two attached hydrogens (primary N) is 1. The van der Waals surface area contributed by atoms with Crippen LogP contribution in [0, 0.1) is 50.4 Å². The Bertz CT molecular complexity index is 3180. The molecule has 0 spiro atoms. The number of nitriles is 2. The second kappa shape index (κ2) is 27.4. The number of aliphatic hydroxyl groups is 1. The number of rotatable bonds is 22. The fourth-order valence-electron chi connectivity index (χ4n) is 15.0. The largest absolute Gasteiger partial charge is 0.504 e. The number of phenols is 2. The molecule has 87 heavy (non-hydrogen) atoms. The molecule has 18 nitrogen and oxygen atoms in total. The van der Waals surface area contributed by atoms with E-state index < -0.39 is 18.1 Å². The van der Waals surface area contributed by atoms with Gasteiger partial charge >= 0.3 is 0 Å². The first-order valence-corrected chi connectivity index (χ1v) is 29.3. The van der Waals surface area contributed by atoms with Crippen LogP contribution in [-0.2, 0) is 25.7 Å². The topological polar surface area (TPSA) is 221 Å². The maximum absolute atomic E-state index is 11.6. The Hall–Kier alpha value is -7.94. The van der Waals surface area contributed by atoms with Crippen molar-refractivity contribution in [2.75, 3.05) is 81.1 Å². The summed E-state index contributed by atoms with van der Waals surface area (Å²) in [7, 11) is 7.20. The molecule has 464 valence electrons. The predicted octanol–water partition coefficient (Wildman–Crippen LogP) is 9.55. The highest BCUT2D eigenvalue weighted by molar-refractivity contribution is 5.68. The fraction of sp³-hybridized carbons (Fsp3) is 0.449. The van der Waals surface area contributed by atoms with E-state index in [1.54, 1.807) is 50.7 Å². The van der Waals surface area contributed by atoms with E-state index in [-0.39, 0.29) is 107 Å². The summed E-state index contributed by atoms with van der Waals surface area (Å²) in [5, 5.41) is 55.7. The number of aryl methyl sites for hydroxylation is 2. The van der Waals surface area contributed by atoms with Crippen molar-refractivity contribution < 1.29 is 53.2 Å². The average molecular weight is 1190 g/mol. The first kappa shape index (κ1) is 65.0. The van der Waals surface area contributed by atoms with Gasteiger partial charge in [0.1, 0.15) is 63.2 Å². The Morgan fingerprint density at radius 3 is 1.17 bits per heavy atom. The highest BCUT2D eigenvalue weighted by Crippen LogP contribution is 2.60. The summed E-state index contributed by atoms with van der Waals surface area (Å²) in [5.74, 6) is 4.67. The monoisotopic (exact) mass is 1190 g/mol. The SMILES string of the molecule is C.C=CCOc1c(C)c(OCC=C)c(OCC=C)c2c1C[C@H]1[C@H]3c4c(cc(C)c(OC)c4O)C[C@@H]([C@H](C#N)N1[C@H]2CN)N3C.C=CCOc1c(C)c(OCC=C)c(OCC=C)c2c1C[C@H]1[C@H]3c4c(cc(C)c(OC)c4O)C[C@@H]([C@H](C#N)N1[C@H]2CO)N3C. The zero-order chi connectivity index (χ0) is 62.0. The van der Waals surface area contributed by atoms with Gasteiger partial charge in [-0.15, -0.1) is 0 Å². The van der Waals surface area contributed by atoms with Gasteiger partial charge in [-0.2, -0.15) is 10.5 Å². The number of hydrogen-bond acceptors (Lipinski definition) is 18. The quantitative estimate of drug-likeness (QED) is 0.0538. The van der Waals surface area contributed by atoms with E-state index in [0.717, 1.165) is 66.8 Å². The number of nitrogens with zero attached hydrogens (tertiary/aromatic N) is 6. The Morgan fingerprint density at radius 2 is 0.851 bits per heavy atom. The zero-order valence-corrected chi connectivity index (χ0v) is 51.0. The van der Waals surface area contributed by atoms with Gasteiger partial charge in [-0.1, -0.05) is 95.5 Å². The molecule has 0 aromatic heterocycles. The molecular weight excluding hydrogens is 1100 g/mol. The number of likely N-dealkylation sites (N-methyl/N-ethyl adjacent to an activating group) is 2. The molecule has 4 aromatic rings. The van der Waals surface area contributed by atoms with Crippen LogP contribution in [-0.4, -0.2) is 152 Å². The van der Waals surface area contributed by atoms with Crippen molar-refractivity contribution in [2.45, 2.75) is 121 Å². The number of ether oxygens (including phenoxy) is 8. The molecule has 10 atom stereocenters. The third kappa shape index (κ3) is 10.8. The Balaban J connectivity index is 0.000000223. The van der Waals surface area contributed by atoms with Crippen LogP contribution in [0.4, 0.5) is 0 Å². The molecule has 0 amide bonds. The molecule has 6 heterocycles. The lowest BCUT2D eigenvalue weighted by Gasteiger charge is -2.60. The van der Waals surface area contributed by atoms with Gasteiger partial charge in [0.2, 0.25) is 0 Å². The lowest BCUT2D eigenvalue weighted by atomic mass is 9.71. The first-order valence-electron chi connectivity index (χ1n) is 29.3. The van der Waals surface area contributed by atoms with E-state index in [4.69, 9.17) is 43.6 Å². The van der Waals surface area contributed by atoms with Crippen molar-refractivity contribution in [1.82, 2.24) is 19.6 Å². The number of benzene rings is 4. The van der Waals surface area contributed by atoms with E-state index >= 15 is 0 Å². The van der Waals surface area contributed by atoms with Gasteiger partial charge in [0.15, 0.2) is 46.0 Å². The zero-order valence-electron chi connectivity index (χ0n) is 51.0. The summed E-state index contributed by atoms with van der Waals surface area (Å²) in [4.78, 5) is 8.82. The van der Waals surface area contributed by atoms with Crippen LogP contribution in [0.5, 0.6) is 57.5 Å². The van der Waals surface area contributed by atoms with Crippen molar-refractivity contribution in [3.05, 3.63) is 155 Å². The van der Waals surface area contributed by atoms with Gasteiger partial charge in [-0.25, -0.2) is 0 Å². The Labute approximate surface area is 513 Å². The van der Waals surface area contributed by atoms with Gasteiger partial charge in [0.05, 0.1) is 57.1 Å². The van der Waals surface area contributed by atoms with Crippen molar-refractivity contribution in [2.24, 2.45) is 5.73 Å². The smallest absolute Gasteiger partial charge is 0.168 e. The molecule has 2 saturated heterocycles. The van der Waals surface area contributed by atoms with Gasteiger partial charge in [-0.3, -0.25) is 19.6 Å². The van der Waals surface area contributed by atoms with E-state index in [1.807, 2.05) is 41.8 Å². The molecule has 18 heteroatoms. The maximum atomic E-state index is 11.6. The molecule has 4 bridgehead atoms. The Morgan fingerprint density at radius 1 is 0.517 bits per heavy atom. The number of methoxy groups -OCH3 is 2. The molecular formula is C69H87N7O11. The summed E-state index contributed by atoms with van der Waals surface area (Å²) in [6.07, 6.45) is 12.3. The van der Waals surface area contributed by atoms with Crippen LogP contribution in [0.3, 0.4) is 0 Å². The highest BCUT2D eigenvalue weighted by atomic mass is 16.5.